The minimum atomic E-state index is 0. The Bertz CT molecular complexity index is 159. The molecule has 0 saturated heterocycles. The van der Waals surface area contributed by atoms with Crippen LogP contribution in [0.4, 0.5) is 0 Å². The van der Waals surface area contributed by atoms with E-state index < -0.39 is 0 Å². The summed E-state index contributed by atoms with van der Waals surface area (Å²) in [5, 5.41) is 16.9. The number of hydrogen-bond donors (Lipinski definition) is 0. The molecule has 0 aromatic rings. The van der Waals surface area contributed by atoms with Crippen LogP contribution in [0, 0.1) is 0 Å². The molecule has 0 bridgehead atoms. The normalized spacial score (nSPS) is 6.62. The summed E-state index contributed by atoms with van der Waals surface area (Å²) in [5.41, 5.74) is 0. The minimum absolute atomic E-state index is 0. The second-order valence-electron chi connectivity index (χ2n) is 2.79. The zero-order valence-corrected chi connectivity index (χ0v) is 12.4. The predicted molar refractivity (Wildman–Crippen MR) is 72.6 cm³/mol. The van der Waals surface area contributed by atoms with Gasteiger partial charge in [0, 0.05) is 13.1 Å². The van der Waals surface area contributed by atoms with Crippen LogP contribution in [0.1, 0.15) is 0 Å². The summed E-state index contributed by atoms with van der Waals surface area (Å²) in [6.45, 7) is 2.29. The Morgan fingerprint density at radius 2 is 1.00 bits per heavy atom. The molecule has 5 nitrogen and oxygen atoms in total. The van der Waals surface area contributed by atoms with E-state index in [2.05, 4.69) is 62.4 Å². The molecular weight excluding hydrogens is 296 g/mol. The van der Waals surface area contributed by atoms with Crippen LogP contribution < -0.4 is 0 Å². The summed E-state index contributed by atoms with van der Waals surface area (Å²) in [6, 6.07) is 0. The van der Waals surface area contributed by atoms with Crippen molar-refractivity contribution in [1.29, 1.82) is 0 Å². The maximum absolute atomic E-state index is 7.13. The molecule has 0 amide bonds. The van der Waals surface area contributed by atoms with Gasteiger partial charge in [0.25, 0.3) is 0 Å². The molecule has 0 aliphatic carbocycles. The second kappa shape index (κ2) is 29.4. The maximum Gasteiger partial charge on any atom is 2.00 e. The van der Waals surface area contributed by atoms with Gasteiger partial charge in [-0.2, -0.15) is 10.3 Å². The van der Waals surface area contributed by atoms with Gasteiger partial charge in [0.1, 0.15) is 0 Å². The topological polar surface area (TPSA) is 82.6 Å². The smallest absolute Gasteiger partial charge is 0.753 e. The third kappa shape index (κ3) is 94.6. The molecule has 1 radical (unpaired) electrons. The standard InChI is InChI=1S/C6H16N2.2CNS.Cu.H2O/c1-7(2)5-6-8(3)4;2*2-1-3;;/h5-6H2,1-4H3;;;;1H2/q;2*-1;+2;. The van der Waals surface area contributed by atoms with Crippen molar-refractivity contribution >= 4 is 34.8 Å². The second-order valence-corrected chi connectivity index (χ2v) is 3.15. The van der Waals surface area contributed by atoms with Crippen molar-refractivity contribution in [2.24, 2.45) is 0 Å². The molecule has 0 spiro atoms. The minimum Gasteiger partial charge on any atom is -0.753 e. The Morgan fingerprint density at radius 1 is 0.875 bits per heavy atom. The number of thiocarbonyl (C=S) groups is 2. The molecule has 8 heteroatoms. The summed E-state index contributed by atoms with van der Waals surface area (Å²) in [7, 11) is 8.35. The molecule has 99 valence electrons. The molecule has 0 aromatic heterocycles. The van der Waals surface area contributed by atoms with Crippen molar-refractivity contribution in [2.45, 2.75) is 0 Å². The summed E-state index contributed by atoms with van der Waals surface area (Å²) in [5.74, 6) is 0. The fourth-order valence-electron chi connectivity index (χ4n) is 0.400. The van der Waals surface area contributed by atoms with Gasteiger partial charge in [0.2, 0.25) is 0 Å². The largest absolute Gasteiger partial charge is 2.00 e. The van der Waals surface area contributed by atoms with E-state index in [-0.39, 0.29) is 22.5 Å². The first kappa shape index (κ1) is 29.8. The van der Waals surface area contributed by atoms with Gasteiger partial charge in [-0.1, -0.05) is 24.4 Å². The quantitative estimate of drug-likeness (QED) is 0.434. The summed E-state index contributed by atoms with van der Waals surface area (Å²) in [4.78, 5) is 4.36. The first-order valence-corrected chi connectivity index (χ1v) is 4.59. The number of likely N-dealkylation sites (N-methyl/N-ethyl adjacent to an activating group) is 2. The van der Waals surface area contributed by atoms with E-state index in [1.165, 1.54) is 10.3 Å². The van der Waals surface area contributed by atoms with Crippen LogP contribution in [0.5, 0.6) is 0 Å². The Labute approximate surface area is 119 Å². The molecule has 0 unspecified atom stereocenters. The third-order valence-corrected chi connectivity index (χ3v) is 0.994. The molecular formula is C8H18CuN4OS2. The summed E-state index contributed by atoms with van der Waals surface area (Å²) < 4.78 is 0. The zero-order chi connectivity index (χ0) is 12.0. The van der Waals surface area contributed by atoms with E-state index >= 15 is 0 Å². The van der Waals surface area contributed by atoms with Gasteiger partial charge in [0.05, 0.1) is 0 Å². The van der Waals surface area contributed by atoms with Crippen LogP contribution in [0.3, 0.4) is 0 Å². The van der Waals surface area contributed by atoms with E-state index in [0.717, 1.165) is 13.1 Å². The molecule has 0 aromatic carbocycles. The average molecular weight is 314 g/mol. The molecule has 16 heavy (non-hydrogen) atoms. The number of hydrogen-bond acceptors (Lipinski definition) is 4. The Hall–Kier alpha value is -0.000519. The van der Waals surface area contributed by atoms with Crippen molar-refractivity contribution in [2.75, 3.05) is 41.3 Å². The van der Waals surface area contributed by atoms with E-state index in [1.807, 2.05) is 0 Å². The number of rotatable bonds is 3. The van der Waals surface area contributed by atoms with Crippen LogP contribution in [-0.4, -0.2) is 66.9 Å². The van der Waals surface area contributed by atoms with Crippen LogP contribution in [-0.2, 0) is 17.1 Å². The zero-order valence-electron chi connectivity index (χ0n) is 9.82. The van der Waals surface area contributed by atoms with Crippen molar-refractivity contribution in [3.05, 3.63) is 10.8 Å². The molecule has 0 heterocycles. The molecule has 0 rings (SSSR count). The van der Waals surface area contributed by atoms with Gasteiger partial charge >= 0.3 is 17.1 Å². The van der Waals surface area contributed by atoms with Gasteiger partial charge in [-0.25, -0.2) is 0 Å². The molecule has 2 N–H and O–H groups in total. The summed E-state index contributed by atoms with van der Waals surface area (Å²) >= 11 is 7.40. The maximum atomic E-state index is 7.13. The van der Waals surface area contributed by atoms with E-state index in [1.54, 1.807) is 0 Å². The fraction of sp³-hybridized carbons (Fsp3) is 0.750. The van der Waals surface area contributed by atoms with Gasteiger partial charge < -0.3 is 26.1 Å². The van der Waals surface area contributed by atoms with Crippen LogP contribution in [0.25, 0.3) is 10.8 Å². The van der Waals surface area contributed by atoms with Gasteiger partial charge in [-0.3, -0.25) is 0 Å². The van der Waals surface area contributed by atoms with Crippen molar-refractivity contribution in [3.63, 3.8) is 0 Å². The van der Waals surface area contributed by atoms with Crippen LogP contribution in [0.15, 0.2) is 0 Å². The average Bonchev–Trinajstić information content (AvgIpc) is 2.04. The van der Waals surface area contributed by atoms with Crippen molar-refractivity contribution in [3.8, 4) is 0 Å². The van der Waals surface area contributed by atoms with E-state index in [0.29, 0.717) is 0 Å². The van der Waals surface area contributed by atoms with Crippen LogP contribution >= 0.6 is 24.4 Å². The number of nitrogens with zero attached hydrogens (tertiary/aromatic N) is 4. The monoisotopic (exact) mass is 313 g/mol. The van der Waals surface area contributed by atoms with Gasteiger partial charge in [-0.15, -0.1) is 0 Å². The van der Waals surface area contributed by atoms with E-state index in [9.17, 15) is 0 Å². The molecule has 0 fully saturated rings. The fourth-order valence-corrected chi connectivity index (χ4v) is 0.400. The molecule has 0 atom stereocenters. The Balaban J connectivity index is -0.0000000434. The molecule has 0 aliphatic rings. The third-order valence-electron chi connectivity index (χ3n) is 0.994. The molecule has 0 saturated carbocycles. The molecule has 0 aliphatic heterocycles. The van der Waals surface area contributed by atoms with E-state index in [4.69, 9.17) is 10.8 Å². The SMILES string of the molecule is CN(C)CCN(C)C.O.[Cu+2].[N-]=C=S.[N-]=C=S. The predicted octanol–water partition coefficient (Wildman–Crippen LogP) is 0.600. The van der Waals surface area contributed by atoms with Crippen LogP contribution in [0.2, 0.25) is 0 Å². The first-order chi connectivity index (χ1) is 6.45. The summed E-state index contributed by atoms with van der Waals surface area (Å²) in [6.07, 6.45) is 0. The van der Waals surface area contributed by atoms with Gasteiger partial charge in [-0.05, 0) is 28.2 Å². The van der Waals surface area contributed by atoms with Gasteiger partial charge in [0.15, 0.2) is 0 Å². The number of isothiocyanates is 2. The first-order valence-electron chi connectivity index (χ1n) is 3.78. The van der Waals surface area contributed by atoms with Crippen molar-refractivity contribution < 1.29 is 22.5 Å². The van der Waals surface area contributed by atoms with Crippen molar-refractivity contribution in [1.82, 2.24) is 9.80 Å². The Morgan fingerprint density at radius 3 is 1.06 bits per heavy atom. The Kier molecular flexibility index (Phi) is 54.7.